The summed E-state index contributed by atoms with van der Waals surface area (Å²) >= 11 is 1.79. The Morgan fingerprint density at radius 1 is 1.37 bits per heavy atom. The molecule has 0 aliphatic carbocycles. The molecular formula is C15H22N2OS. The third-order valence-corrected chi connectivity index (χ3v) is 5.19. The zero-order chi connectivity index (χ0) is 13.8. The first-order valence-electron chi connectivity index (χ1n) is 6.85. The number of thioether (sulfide) groups is 1. The highest BCUT2D eigenvalue weighted by molar-refractivity contribution is 8.01. The van der Waals surface area contributed by atoms with Gasteiger partial charge in [0.1, 0.15) is 5.37 Å². The first-order chi connectivity index (χ1) is 9.19. The molecule has 0 radical (unpaired) electrons. The smallest absolute Gasteiger partial charge is 0.236 e. The molecule has 1 aromatic rings. The summed E-state index contributed by atoms with van der Waals surface area (Å²) < 4.78 is 0. The number of amides is 1. The summed E-state index contributed by atoms with van der Waals surface area (Å²) in [6.07, 6.45) is 0.905. The van der Waals surface area contributed by atoms with Crippen LogP contribution in [0, 0.1) is 6.92 Å². The van der Waals surface area contributed by atoms with E-state index in [1.807, 2.05) is 11.9 Å². The molecule has 0 unspecified atom stereocenters. The molecule has 104 valence electrons. The van der Waals surface area contributed by atoms with Gasteiger partial charge in [0.15, 0.2) is 0 Å². The van der Waals surface area contributed by atoms with Crippen molar-refractivity contribution in [3.8, 4) is 0 Å². The van der Waals surface area contributed by atoms with Crippen LogP contribution < -0.4 is 5.32 Å². The summed E-state index contributed by atoms with van der Waals surface area (Å²) in [5.41, 5.74) is 2.53. The van der Waals surface area contributed by atoms with Crippen molar-refractivity contribution >= 4 is 17.7 Å². The zero-order valence-corrected chi connectivity index (χ0v) is 12.7. The van der Waals surface area contributed by atoms with E-state index in [1.54, 1.807) is 11.8 Å². The van der Waals surface area contributed by atoms with Crippen molar-refractivity contribution < 1.29 is 4.79 Å². The van der Waals surface area contributed by atoms with Crippen molar-refractivity contribution in [2.45, 2.75) is 30.9 Å². The number of nitrogens with zero attached hydrogens (tertiary/aromatic N) is 1. The molecule has 1 saturated heterocycles. The van der Waals surface area contributed by atoms with Gasteiger partial charge in [-0.25, -0.2) is 0 Å². The molecule has 2 rings (SSSR count). The molecule has 19 heavy (non-hydrogen) atoms. The largest absolute Gasteiger partial charge is 0.324 e. The van der Waals surface area contributed by atoms with E-state index in [4.69, 9.17) is 0 Å². The Kier molecular flexibility index (Phi) is 4.88. The molecule has 1 aliphatic heterocycles. The molecule has 4 heteroatoms. The summed E-state index contributed by atoms with van der Waals surface area (Å²) in [5, 5.41) is 3.42. The Morgan fingerprint density at radius 2 is 2.11 bits per heavy atom. The molecular weight excluding hydrogens is 256 g/mol. The molecule has 0 bridgehead atoms. The first kappa shape index (κ1) is 14.4. The average molecular weight is 278 g/mol. The number of carbonyl (C=O) groups excluding carboxylic acids is 1. The number of hydrogen-bond acceptors (Lipinski definition) is 3. The van der Waals surface area contributed by atoms with Crippen LogP contribution in [0.1, 0.15) is 29.8 Å². The normalized spacial score (nSPS) is 23.1. The molecule has 1 amide bonds. The van der Waals surface area contributed by atoms with Gasteiger partial charge in [-0.05, 0) is 31.5 Å². The SMILES string of the molecule is CC[C@H]1S[C@H](c2ccccc2C)N(CCNC)C1=O. The lowest BCUT2D eigenvalue weighted by Gasteiger charge is -2.25. The van der Waals surface area contributed by atoms with Crippen LogP contribution >= 0.6 is 11.8 Å². The lowest BCUT2D eigenvalue weighted by atomic mass is 10.1. The number of benzene rings is 1. The Hall–Kier alpha value is -1.00. The van der Waals surface area contributed by atoms with Gasteiger partial charge in [0.05, 0.1) is 5.25 Å². The topological polar surface area (TPSA) is 32.3 Å². The highest BCUT2D eigenvalue weighted by atomic mass is 32.2. The molecule has 0 spiro atoms. The lowest BCUT2D eigenvalue weighted by molar-refractivity contribution is -0.130. The van der Waals surface area contributed by atoms with Crippen LogP contribution in [0.15, 0.2) is 24.3 Å². The summed E-state index contributed by atoms with van der Waals surface area (Å²) in [7, 11) is 1.92. The molecule has 1 N–H and O–H groups in total. The van der Waals surface area contributed by atoms with Gasteiger partial charge < -0.3 is 10.2 Å². The van der Waals surface area contributed by atoms with Crippen molar-refractivity contribution in [1.82, 2.24) is 10.2 Å². The van der Waals surface area contributed by atoms with Crippen molar-refractivity contribution in [3.63, 3.8) is 0 Å². The van der Waals surface area contributed by atoms with E-state index in [2.05, 4.69) is 43.4 Å². The standard InChI is InChI=1S/C15H22N2OS/c1-4-13-14(18)17(10-9-16-3)15(19-13)12-8-6-5-7-11(12)2/h5-8,13,15-16H,4,9-10H2,1-3H3/t13-,15-/m1/s1. The maximum absolute atomic E-state index is 12.4. The van der Waals surface area contributed by atoms with Gasteiger partial charge in [-0.15, -0.1) is 11.8 Å². The van der Waals surface area contributed by atoms with Crippen LogP contribution in [0.2, 0.25) is 0 Å². The molecule has 1 fully saturated rings. The highest BCUT2D eigenvalue weighted by Crippen LogP contribution is 2.44. The lowest BCUT2D eigenvalue weighted by Crippen LogP contribution is -2.36. The van der Waals surface area contributed by atoms with Crippen LogP contribution in [0.4, 0.5) is 0 Å². The van der Waals surface area contributed by atoms with Gasteiger partial charge in [-0.2, -0.15) is 0 Å². The number of aryl methyl sites for hydroxylation is 1. The van der Waals surface area contributed by atoms with Crippen LogP contribution in [0.3, 0.4) is 0 Å². The van der Waals surface area contributed by atoms with E-state index in [0.29, 0.717) is 0 Å². The first-order valence-corrected chi connectivity index (χ1v) is 7.79. The van der Waals surface area contributed by atoms with Crippen molar-refractivity contribution in [1.29, 1.82) is 0 Å². The van der Waals surface area contributed by atoms with Gasteiger partial charge in [0.25, 0.3) is 0 Å². The third kappa shape index (κ3) is 2.95. The molecule has 1 heterocycles. The number of rotatable bonds is 5. The van der Waals surface area contributed by atoms with Crippen molar-refractivity contribution in [2.75, 3.05) is 20.1 Å². The van der Waals surface area contributed by atoms with Gasteiger partial charge in [-0.1, -0.05) is 31.2 Å². The van der Waals surface area contributed by atoms with E-state index in [1.165, 1.54) is 11.1 Å². The Morgan fingerprint density at radius 3 is 2.74 bits per heavy atom. The maximum atomic E-state index is 12.4. The molecule has 2 atom stereocenters. The number of likely N-dealkylation sites (N-methyl/N-ethyl adjacent to an activating group) is 1. The van der Waals surface area contributed by atoms with E-state index < -0.39 is 0 Å². The third-order valence-electron chi connectivity index (χ3n) is 3.56. The fourth-order valence-corrected chi connectivity index (χ4v) is 3.95. The Labute approximate surface area is 119 Å². The minimum absolute atomic E-state index is 0.112. The Bertz CT molecular complexity index is 450. The number of hydrogen-bond donors (Lipinski definition) is 1. The number of nitrogens with one attached hydrogen (secondary N) is 1. The van der Waals surface area contributed by atoms with E-state index in [0.717, 1.165) is 19.5 Å². The Balaban J connectivity index is 2.26. The van der Waals surface area contributed by atoms with E-state index in [9.17, 15) is 4.79 Å². The zero-order valence-electron chi connectivity index (χ0n) is 11.8. The molecule has 1 aliphatic rings. The van der Waals surface area contributed by atoms with Crippen molar-refractivity contribution in [3.05, 3.63) is 35.4 Å². The second-order valence-corrected chi connectivity index (χ2v) is 6.16. The van der Waals surface area contributed by atoms with Crippen LogP contribution in [0.5, 0.6) is 0 Å². The minimum Gasteiger partial charge on any atom is -0.324 e. The fraction of sp³-hybridized carbons (Fsp3) is 0.533. The predicted molar refractivity (Wildman–Crippen MR) is 81.2 cm³/mol. The van der Waals surface area contributed by atoms with Crippen LogP contribution in [0.25, 0.3) is 0 Å². The molecule has 0 saturated carbocycles. The van der Waals surface area contributed by atoms with Gasteiger partial charge >= 0.3 is 0 Å². The maximum Gasteiger partial charge on any atom is 0.236 e. The molecule has 1 aromatic carbocycles. The summed E-state index contributed by atoms with van der Waals surface area (Å²) in [6.45, 7) is 5.82. The summed E-state index contributed by atoms with van der Waals surface area (Å²) in [5.74, 6) is 0.288. The van der Waals surface area contributed by atoms with E-state index >= 15 is 0 Å². The number of carbonyl (C=O) groups is 1. The molecule has 0 aromatic heterocycles. The fourth-order valence-electron chi connectivity index (χ4n) is 2.42. The monoisotopic (exact) mass is 278 g/mol. The summed E-state index contributed by atoms with van der Waals surface area (Å²) in [4.78, 5) is 14.4. The van der Waals surface area contributed by atoms with Crippen LogP contribution in [-0.4, -0.2) is 36.2 Å². The van der Waals surface area contributed by atoms with Gasteiger partial charge in [0, 0.05) is 13.1 Å². The van der Waals surface area contributed by atoms with E-state index in [-0.39, 0.29) is 16.5 Å². The van der Waals surface area contributed by atoms with Crippen molar-refractivity contribution in [2.24, 2.45) is 0 Å². The average Bonchev–Trinajstić information content (AvgIpc) is 2.73. The summed E-state index contributed by atoms with van der Waals surface area (Å²) in [6, 6.07) is 8.37. The highest BCUT2D eigenvalue weighted by Gasteiger charge is 2.39. The van der Waals surface area contributed by atoms with Gasteiger partial charge in [0.2, 0.25) is 5.91 Å². The molecule has 3 nitrogen and oxygen atoms in total. The minimum atomic E-state index is 0.112. The van der Waals surface area contributed by atoms with Crippen LogP contribution in [-0.2, 0) is 4.79 Å². The second kappa shape index (κ2) is 6.44. The van der Waals surface area contributed by atoms with Gasteiger partial charge in [-0.3, -0.25) is 4.79 Å². The quantitative estimate of drug-likeness (QED) is 0.898. The second-order valence-electron chi connectivity index (χ2n) is 4.88. The predicted octanol–water partition coefficient (Wildman–Crippen LogP) is 2.57.